The quantitative estimate of drug-likeness (QED) is 0.573. The average molecular weight is 216 g/mol. The third-order valence-corrected chi connectivity index (χ3v) is 1.72. The number of nitrogens with one attached hydrogen (secondary N) is 2. The number of hydrogen-bond acceptors (Lipinski definition) is 5. The highest BCUT2D eigenvalue weighted by Crippen LogP contribution is 1.63. The van der Waals surface area contributed by atoms with Gasteiger partial charge in [0.25, 0.3) is 0 Å². The monoisotopic (exact) mass is 216 g/mol. The van der Waals surface area contributed by atoms with Crippen molar-refractivity contribution >= 4 is 22.5 Å². The van der Waals surface area contributed by atoms with Crippen LogP contribution in [0, 0.1) is 0 Å². The van der Waals surface area contributed by atoms with Gasteiger partial charge in [-0.1, -0.05) is 13.8 Å². The van der Waals surface area contributed by atoms with Crippen LogP contribution in [0.3, 0.4) is 0 Å². The molecule has 0 fully saturated rings. The van der Waals surface area contributed by atoms with Crippen molar-refractivity contribution < 1.29 is 17.5 Å². The predicted molar refractivity (Wildman–Crippen MR) is 45.2 cm³/mol. The van der Waals surface area contributed by atoms with Gasteiger partial charge >= 0.3 is 0 Å². The molecule has 8 heteroatoms. The average Bonchev–Trinajstić information content (AvgIpc) is 1.87. The zero-order valence-electron chi connectivity index (χ0n) is 6.86. The minimum absolute atomic E-state index is 1.09. The minimum Gasteiger partial charge on any atom is -0.759 e. The maximum Gasteiger partial charge on any atom is 0.0294 e. The van der Waals surface area contributed by atoms with Gasteiger partial charge in [0, 0.05) is 22.5 Å². The molecular weight excluding hydrogens is 204 g/mol. The van der Waals surface area contributed by atoms with Crippen molar-refractivity contribution in [3.05, 3.63) is 0 Å². The maximum atomic E-state index is 9.31. The molecule has 0 bridgehead atoms. The van der Waals surface area contributed by atoms with E-state index in [1.54, 1.807) is 0 Å². The van der Waals surface area contributed by atoms with Crippen molar-refractivity contribution in [2.45, 2.75) is 13.8 Å². The zero-order chi connectivity index (χ0) is 9.98. The molecule has 0 aliphatic carbocycles. The van der Waals surface area contributed by atoms with Crippen LogP contribution in [0.1, 0.15) is 13.8 Å². The third kappa shape index (κ3) is 22.5. The molecule has 0 saturated heterocycles. The summed E-state index contributed by atoms with van der Waals surface area (Å²) < 4.78 is 38.4. The Bertz CT molecular complexity index is 129. The van der Waals surface area contributed by atoms with Gasteiger partial charge in [-0.25, -0.2) is 0 Å². The Morgan fingerprint density at radius 1 is 1.08 bits per heavy atom. The molecule has 2 N–H and O–H groups in total. The molecule has 0 saturated carbocycles. The number of hydrogen-bond donors (Lipinski definition) is 2. The lowest BCUT2D eigenvalue weighted by Crippen LogP contribution is -2.18. The molecule has 0 heterocycles. The lowest BCUT2D eigenvalue weighted by Gasteiger charge is -2.07. The van der Waals surface area contributed by atoms with Gasteiger partial charge in [-0.05, 0) is 13.1 Å². The zero-order valence-corrected chi connectivity index (χ0v) is 8.50. The molecule has 2 atom stereocenters. The van der Waals surface area contributed by atoms with Gasteiger partial charge < -0.3 is 14.4 Å². The first-order valence-electron chi connectivity index (χ1n) is 3.20. The fourth-order valence-electron chi connectivity index (χ4n) is 0.306. The molecular formula is C4H12N2O4S2-2. The van der Waals surface area contributed by atoms with Crippen LogP contribution in [0.5, 0.6) is 0 Å². The Labute approximate surface area is 77.0 Å². The molecule has 0 amide bonds. The summed E-state index contributed by atoms with van der Waals surface area (Å²) in [5, 5.41) is 3.11. The van der Waals surface area contributed by atoms with Crippen LogP contribution < -0.4 is 9.44 Å². The summed E-state index contributed by atoms with van der Waals surface area (Å²) in [5.74, 6) is 0. The largest absolute Gasteiger partial charge is 0.759 e. The summed E-state index contributed by atoms with van der Waals surface area (Å²) in [6.07, 6.45) is 0. The van der Waals surface area contributed by atoms with Crippen LogP contribution in [-0.4, -0.2) is 30.6 Å². The molecule has 0 aromatic carbocycles. The Morgan fingerprint density at radius 2 is 1.42 bits per heavy atom. The minimum atomic E-state index is -2.71. The van der Waals surface area contributed by atoms with Gasteiger partial charge in [0.2, 0.25) is 0 Å². The molecule has 0 radical (unpaired) electrons. The van der Waals surface area contributed by atoms with Crippen molar-refractivity contribution in [2.75, 3.05) is 13.1 Å². The molecule has 12 heavy (non-hydrogen) atoms. The van der Waals surface area contributed by atoms with Gasteiger partial charge in [-0.2, -0.15) is 4.13 Å². The van der Waals surface area contributed by atoms with Crippen molar-refractivity contribution in [1.82, 2.24) is 9.44 Å². The Balaban J connectivity index is 0. The fourth-order valence-corrected chi connectivity index (χ4v) is 0.750. The molecule has 0 rings (SSSR count). The highest BCUT2D eigenvalue weighted by atomic mass is 32.3. The van der Waals surface area contributed by atoms with Gasteiger partial charge in [0.15, 0.2) is 0 Å². The maximum absolute atomic E-state index is 9.31. The van der Waals surface area contributed by atoms with Gasteiger partial charge in [-0.15, -0.1) is 0 Å². The van der Waals surface area contributed by atoms with E-state index in [2.05, 4.69) is 19.2 Å². The standard InChI is InChI=1S/C4H11N.H3NO4S2/c1-3-5-4-2;2-6(3)1-7(4)5/h5H,3-4H2,1-2H3;1H,(H,2,3)(H,4,5)/p-2. The van der Waals surface area contributed by atoms with Crippen LogP contribution in [0.15, 0.2) is 0 Å². The fraction of sp³-hybridized carbons (Fsp3) is 1.00. The van der Waals surface area contributed by atoms with Gasteiger partial charge in [0.05, 0.1) is 0 Å². The Hall–Kier alpha value is 0.140. The predicted octanol–water partition coefficient (Wildman–Crippen LogP) is -1.22. The lowest BCUT2D eigenvalue weighted by atomic mass is 10.7. The third-order valence-electron chi connectivity index (χ3n) is 0.636. The van der Waals surface area contributed by atoms with Crippen molar-refractivity contribution in [2.24, 2.45) is 0 Å². The van der Waals surface area contributed by atoms with Crippen LogP contribution in [0.2, 0.25) is 0 Å². The smallest absolute Gasteiger partial charge is 0.0294 e. The van der Waals surface area contributed by atoms with E-state index in [9.17, 15) is 17.5 Å². The molecule has 0 aliphatic heterocycles. The van der Waals surface area contributed by atoms with Crippen LogP contribution in [0.4, 0.5) is 0 Å². The second-order valence-electron chi connectivity index (χ2n) is 1.51. The highest BCUT2D eigenvalue weighted by Gasteiger charge is 1.73. The lowest BCUT2D eigenvalue weighted by molar-refractivity contribution is 0.515. The first-order valence-corrected chi connectivity index (χ1v) is 5.35. The second-order valence-corrected chi connectivity index (χ2v) is 3.12. The second kappa shape index (κ2) is 11.1. The summed E-state index contributed by atoms with van der Waals surface area (Å²) in [5.41, 5.74) is 0. The molecule has 0 aromatic rings. The van der Waals surface area contributed by atoms with Crippen LogP contribution in [0.25, 0.3) is 0 Å². The SMILES string of the molecule is CCNCC.O=S([O-])NS(=O)[O-]. The van der Waals surface area contributed by atoms with E-state index >= 15 is 0 Å². The molecule has 0 aromatic heterocycles. The molecule has 0 aliphatic rings. The summed E-state index contributed by atoms with van der Waals surface area (Å²) in [6, 6.07) is 0. The first-order chi connectivity index (χ1) is 5.54. The summed E-state index contributed by atoms with van der Waals surface area (Å²) in [4.78, 5) is 0. The normalized spacial score (nSPS) is 14.3. The topological polar surface area (TPSA) is 104 Å². The van der Waals surface area contributed by atoms with Crippen LogP contribution in [-0.2, 0) is 22.5 Å². The highest BCUT2D eigenvalue weighted by molar-refractivity contribution is 7.92. The van der Waals surface area contributed by atoms with Crippen molar-refractivity contribution in [1.29, 1.82) is 0 Å². The van der Waals surface area contributed by atoms with Gasteiger partial charge in [-0.3, -0.25) is 8.42 Å². The van der Waals surface area contributed by atoms with E-state index < -0.39 is 22.5 Å². The first kappa shape index (κ1) is 14.7. The number of rotatable bonds is 4. The van der Waals surface area contributed by atoms with E-state index in [0.29, 0.717) is 0 Å². The van der Waals surface area contributed by atoms with Crippen molar-refractivity contribution in [3.8, 4) is 0 Å². The Morgan fingerprint density at radius 3 is 1.42 bits per heavy atom. The van der Waals surface area contributed by atoms with Crippen LogP contribution >= 0.6 is 0 Å². The Kier molecular flexibility index (Phi) is 13.6. The van der Waals surface area contributed by atoms with E-state index in [0.717, 1.165) is 17.2 Å². The summed E-state index contributed by atoms with van der Waals surface area (Å²) in [6.45, 7) is 6.39. The molecule has 0 spiro atoms. The van der Waals surface area contributed by atoms with E-state index in [1.165, 1.54) is 0 Å². The summed E-state index contributed by atoms with van der Waals surface area (Å²) >= 11 is -5.42. The van der Waals surface area contributed by atoms with E-state index in [-0.39, 0.29) is 0 Å². The molecule has 6 nitrogen and oxygen atoms in total. The van der Waals surface area contributed by atoms with E-state index in [1.807, 2.05) is 0 Å². The van der Waals surface area contributed by atoms with E-state index in [4.69, 9.17) is 0 Å². The summed E-state index contributed by atoms with van der Waals surface area (Å²) in [7, 11) is 0. The van der Waals surface area contributed by atoms with Gasteiger partial charge in [0.1, 0.15) is 0 Å². The van der Waals surface area contributed by atoms with Crippen molar-refractivity contribution in [3.63, 3.8) is 0 Å². The molecule has 2 unspecified atom stereocenters. The molecule has 76 valence electrons.